The van der Waals surface area contributed by atoms with Crippen molar-refractivity contribution < 1.29 is 9.53 Å². The predicted molar refractivity (Wildman–Crippen MR) is 80.2 cm³/mol. The van der Waals surface area contributed by atoms with Gasteiger partial charge in [0.15, 0.2) is 0 Å². The van der Waals surface area contributed by atoms with Crippen LogP contribution in [-0.2, 0) is 4.79 Å². The summed E-state index contributed by atoms with van der Waals surface area (Å²) in [4.78, 5) is 13.5. The third-order valence-electron chi connectivity index (χ3n) is 3.32. The molecule has 1 saturated carbocycles. The second kappa shape index (κ2) is 7.50. The largest absolute Gasteiger partial charge is 0.492 e. The van der Waals surface area contributed by atoms with Gasteiger partial charge in [0.05, 0.1) is 13.1 Å². The molecule has 0 bridgehead atoms. The number of amides is 1. The van der Waals surface area contributed by atoms with Crippen LogP contribution in [-0.4, -0.2) is 44.1 Å². The van der Waals surface area contributed by atoms with Crippen LogP contribution in [0.1, 0.15) is 12.8 Å². The lowest BCUT2D eigenvalue weighted by Gasteiger charge is -2.18. The number of hydrogen-bond acceptors (Lipinski definition) is 3. The highest BCUT2D eigenvalue weighted by atomic mass is 35.5. The van der Waals surface area contributed by atoms with E-state index in [4.69, 9.17) is 16.3 Å². The third kappa shape index (κ3) is 5.39. The molecule has 110 valence electrons. The first-order chi connectivity index (χ1) is 9.65. The Kier molecular flexibility index (Phi) is 5.68. The zero-order chi connectivity index (χ0) is 14.4. The second-order valence-corrected chi connectivity index (χ2v) is 5.63. The van der Waals surface area contributed by atoms with Gasteiger partial charge in [0.2, 0.25) is 5.91 Å². The molecule has 0 aromatic heterocycles. The van der Waals surface area contributed by atoms with Gasteiger partial charge in [-0.25, -0.2) is 0 Å². The standard InChI is InChI=1S/C15H21ClN2O2/c1-18(15(19)11-17-10-12-5-6-12)7-8-20-14-4-2-3-13(16)9-14/h2-4,9,12,17H,5-8,10-11H2,1H3. The molecule has 0 heterocycles. The summed E-state index contributed by atoms with van der Waals surface area (Å²) in [5.41, 5.74) is 0. The van der Waals surface area contributed by atoms with Crippen molar-refractivity contribution in [2.75, 3.05) is 33.3 Å². The summed E-state index contributed by atoms with van der Waals surface area (Å²) in [5.74, 6) is 1.62. The summed E-state index contributed by atoms with van der Waals surface area (Å²) in [5, 5.41) is 3.84. The fraction of sp³-hybridized carbons (Fsp3) is 0.533. The molecule has 0 unspecified atom stereocenters. The fourth-order valence-corrected chi connectivity index (χ4v) is 2.00. The quantitative estimate of drug-likeness (QED) is 0.799. The molecule has 1 aromatic carbocycles. The number of ether oxygens (including phenoxy) is 1. The van der Waals surface area contributed by atoms with Gasteiger partial charge in [-0.3, -0.25) is 4.79 Å². The molecule has 1 fully saturated rings. The van der Waals surface area contributed by atoms with Crippen LogP contribution in [0.4, 0.5) is 0 Å². The molecule has 0 radical (unpaired) electrons. The summed E-state index contributed by atoms with van der Waals surface area (Å²) in [6.45, 7) is 2.39. The predicted octanol–water partition coefficient (Wildman–Crippen LogP) is 2.18. The van der Waals surface area contributed by atoms with E-state index < -0.39 is 0 Å². The van der Waals surface area contributed by atoms with E-state index >= 15 is 0 Å². The molecule has 2 rings (SSSR count). The van der Waals surface area contributed by atoms with E-state index in [1.54, 1.807) is 24.1 Å². The van der Waals surface area contributed by atoms with Crippen LogP contribution < -0.4 is 10.1 Å². The second-order valence-electron chi connectivity index (χ2n) is 5.20. The molecular weight excluding hydrogens is 276 g/mol. The molecule has 4 nitrogen and oxygen atoms in total. The number of likely N-dealkylation sites (N-methyl/N-ethyl adjacent to an activating group) is 1. The molecule has 20 heavy (non-hydrogen) atoms. The normalized spacial score (nSPS) is 14.1. The molecule has 0 spiro atoms. The summed E-state index contributed by atoms with van der Waals surface area (Å²) >= 11 is 5.87. The molecule has 1 aliphatic carbocycles. The third-order valence-corrected chi connectivity index (χ3v) is 3.56. The molecule has 5 heteroatoms. The van der Waals surface area contributed by atoms with Gasteiger partial charge in [-0.15, -0.1) is 0 Å². The zero-order valence-corrected chi connectivity index (χ0v) is 12.5. The van der Waals surface area contributed by atoms with Crippen molar-refractivity contribution in [3.8, 4) is 5.75 Å². The maximum absolute atomic E-state index is 11.8. The summed E-state index contributed by atoms with van der Waals surface area (Å²) < 4.78 is 5.56. The Bertz CT molecular complexity index is 449. The Morgan fingerprint density at radius 1 is 1.50 bits per heavy atom. The topological polar surface area (TPSA) is 41.6 Å². The van der Waals surface area contributed by atoms with E-state index in [1.165, 1.54) is 12.8 Å². The van der Waals surface area contributed by atoms with E-state index in [0.717, 1.165) is 18.2 Å². The Hall–Kier alpha value is -1.26. The minimum absolute atomic E-state index is 0.0975. The highest BCUT2D eigenvalue weighted by molar-refractivity contribution is 6.30. The lowest BCUT2D eigenvalue weighted by atomic mass is 10.3. The first-order valence-corrected chi connectivity index (χ1v) is 7.36. The Morgan fingerprint density at radius 3 is 3.00 bits per heavy atom. The summed E-state index contributed by atoms with van der Waals surface area (Å²) in [6.07, 6.45) is 2.59. The van der Waals surface area contributed by atoms with Gasteiger partial charge < -0.3 is 15.0 Å². The minimum atomic E-state index is 0.0975. The Balaban J connectivity index is 1.60. The highest BCUT2D eigenvalue weighted by Crippen LogP contribution is 2.27. The Morgan fingerprint density at radius 2 is 2.30 bits per heavy atom. The summed E-state index contributed by atoms with van der Waals surface area (Å²) in [7, 11) is 1.79. The van der Waals surface area contributed by atoms with Gasteiger partial charge in [-0.2, -0.15) is 0 Å². The van der Waals surface area contributed by atoms with Crippen LogP contribution in [0.25, 0.3) is 0 Å². The van der Waals surface area contributed by atoms with Crippen molar-refractivity contribution in [3.05, 3.63) is 29.3 Å². The molecular formula is C15H21ClN2O2. The van der Waals surface area contributed by atoms with Crippen LogP contribution in [0.3, 0.4) is 0 Å². The van der Waals surface area contributed by atoms with Gasteiger partial charge in [-0.1, -0.05) is 17.7 Å². The molecule has 0 saturated heterocycles. The van der Waals surface area contributed by atoms with Gasteiger partial charge in [0.1, 0.15) is 12.4 Å². The maximum atomic E-state index is 11.8. The number of carbonyl (C=O) groups is 1. The van der Waals surface area contributed by atoms with Gasteiger partial charge in [0, 0.05) is 12.1 Å². The van der Waals surface area contributed by atoms with Gasteiger partial charge in [-0.05, 0) is 43.5 Å². The van der Waals surface area contributed by atoms with Crippen molar-refractivity contribution in [1.82, 2.24) is 10.2 Å². The monoisotopic (exact) mass is 296 g/mol. The summed E-state index contributed by atoms with van der Waals surface area (Å²) in [6, 6.07) is 7.26. The first kappa shape index (κ1) is 15.1. The minimum Gasteiger partial charge on any atom is -0.492 e. The van der Waals surface area contributed by atoms with Crippen LogP contribution in [0.15, 0.2) is 24.3 Å². The van der Waals surface area contributed by atoms with E-state index in [0.29, 0.717) is 24.7 Å². The molecule has 0 atom stereocenters. The van der Waals surface area contributed by atoms with Crippen LogP contribution in [0, 0.1) is 5.92 Å². The zero-order valence-electron chi connectivity index (χ0n) is 11.8. The average molecular weight is 297 g/mol. The van der Waals surface area contributed by atoms with E-state index in [-0.39, 0.29) is 5.91 Å². The van der Waals surface area contributed by atoms with E-state index in [9.17, 15) is 4.79 Å². The highest BCUT2D eigenvalue weighted by Gasteiger charge is 2.20. The fourth-order valence-electron chi connectivity index (χ4n) is 1.82. The molecule has 1 N–H and O–H groups in total. The SMILES string of the molecule is CN(CCOc1cccc(Cl)c1)C(=O)CNCC1CC1. The number of nitrogens with zero attached hydrogens (tertiary/aromatic N) is 1. The van der Waals surface area contributed by atoms with E-state index in [2.05, 4.69) is 5.32 Å². The van der Waals surface area contributed by atoms with Crippen molar-refractivity contribution in [1.29, 1.82) is 0 Å². The molecule has 1 aliphatic rings. The smallest absolute Gasteiger partial charge is 0.236 e. The van der Waals surface area contributed by atoms with Crippen molar-refractivity contribution in [2.24, 2.45) is 5.92 Å². The van der Waals surface area contributed by atoms with Crippen LogP contribution in [0.2, 0.25) is 5.02 Å². The maximum Gasteiger partial charge on any atom is 0.236 e. The van der Waals surface area contributed by atoms with Crippen LogP contribution >= 0.6 is 11.6 Å². The number of hydrogen-bond donors (Lipinski definition) is 1. The molecule has 1 amide bonds. The van der Waals surface area contributed by atoms with Crippen molar-refractivity contribution >= 4 is 17.5 Å². The van der Waals surface area contributed by atoms with E-state index in [1.807, 2.05) is 12.1 Å². The number of rotatable bonds is 8. The Labute approximate surface area is 125 Å². The number of nitrogens with one attached hydrogen (secondary N) is 1. The first-order valence-electron chi connectivity index (χ1n) is 6.98. The van der Waals surface area contributed by atoms with Crippen molar-refractivity contribution in [2.45, 2.75) is 12.8 Å². The van der Waals surface area contributed by atoms with Gasteiger partial charge in [0.25, 0.3) is 0 Å². The molecule has 1 aromatic rings. The average Bonchev–Trinajstić information content (AvgIpc) is 3.22. The van der Waals surface area contributed by atoms with Crippen LogP contribution in [0.5, 0.6) is 5.75 Å². The van der Waals surface area contributed by atoms with Gasteiger partial charge >= 0.3 is 0 Å². The van der Waals surface area contributed by atoms with Crippen molar-refractivity contribution in [3.63, 3.8) is 0 Å². The number of carbonyl (C=O) groups excluding carboxylic acids is 1. The lowest BCUT2D eigenvalue weighted by molar-refractivity contribution is -0.129. The lowest BCUT2D eigenvalue weighted by Crippen LogP contribution is -2.38. The number of halogens is 1. The molecule has 0 aliphatic heterocycles. The number of benzene rings is 1.